The van der Waals surface area contributed by atoms with Crippen molar-refractivity contribution in [2.24, 2.45) is 11.8 Å². The van der Waals surface area contributed by atoms with E-state index in [0.29, 0.717) is 0 Å². The first-order valence-corrected chi connectivity index (χ1v) is 7.36. The lowest BCUT2D eigenvalue weighted by Gasteiger charge is -2.39. The summed E-state index contributed by atoms with van der Waals surface area (Å²) >= 11 is 0. The highest BCUT2D eigenvalue weighted by Crippen LogP contribution is 2.47. The van der Waals surface area contributed by atoms with Gasteiger partial charge in [0.2, 0.25) is 0 Å². The standard InChI is InChI=1S/C14H26N2/c1-2-3-13-10-16(9-8-15-13)14(11-4-5-11)12-6-7-12/h11-15H,2-10H2,1H3. The minimum atomic E-state index is 0.777. The Hall–Kier alpha value is -0.0800. The van der Waals surface area contributed by atoms with Crippen molar-refractivity contribution in [3.8, 4) is 0 Å². The Balaban J connectivity index is 1.58. The summed E-state index contributed by atoms with van der Waals surface area (Å²) in [5.74, 6) is 2.15. The fourth-order valence-corrected chi connectivity index (χ4v) is 3.52. The molecule has 0 bridgehead atoms. The smallest absolute Gasteiger partial charge is 0.0195 e. The largest absolute Gasteiger partial charge is 0.311 e. The monoisotopic (exact) mass is 222 g/mol. The van der Waals surface area contributed by atoms with Crippen molar-refractivity contribution in [2.45, 2.75) is 57.5 Å². The van der Waals surface area contributed by atoms with Crippen molar-refractivity contribution >= 4 is 0 Å². The van der Waals surface area contributed by atoms with E-state index in [1.165, 1.54) is 58.2 Å². The second kappa shape index (κ2) is 4.66. The maximum Gasteiger partial charge on any atom is 0.0195 e. The van der Waals surface area contributed by atoms with E-state index in [1.807, 2.05) is 0 Å². The first-order chi connectivity index (χ1) is 7.88. The first-order valence-electron chi connectivity index (χ1n) is 7.36. The quantitative estimate of drug-likeness (QED) is 0.767. The summed E-state index contributed by atoms with van der Waals surface area (Å²) < 4.78 is 0. The summed E-state index contributed by atoms with van der Waals surface area (Å²) in [6.07, 6.45) is 8.75. The molecule has 1 aliphatic heterocycles. The van der Waals surface area contributed by atoms with Crippen molar-refractivity contribution in [3.63, 3.8) is 0 Å². The molecule has 1 heterocycles. The average Bonchev–Trinajstić information content (AvgIpc) is 3.13. The Bertz CT molecular complexity index is 219. The molecule has 3 fully saturated rings. The van der Waals surface area contributed by atoms with Crippen LogP contribution in [0.1, 0.15) is 45.4 Å². The van der Waals surface area contributed by atoms with Crippen LogP contribution in [0.5, 0.6) is 0 Å². The third-order valence-corrected chi connectivity index (χ3v) is 4.56. The highest BCUT2D eigenvalue weighted by molar-refractivity contribution is 4.99. The van der Waals surface area contributed by atoms with Crippen LogP contribution in [0.25, 0.3) is 0 Å². The molecule has 0 radical (unpaired) electrons. The van der Waals surface area contributed by atoms with Gasteiger partial charge in [-0.05, 0) is 43.9 Å². The molecule has 3 rings (SSSR count). The molecular formula is C14H26N2. The summed E-state index contributed by atoms with van der Waals surface area (Å²) in [7, 11) is 0. The van der Waals surface area contributed by atoms with E-state index in [4.69, 9.17) is 0 Å². The van der Waals surface area contributed by atoms with Gasteiger partial charge in [0.05, 0.1) is 0 Å². The van der Waals surface area contributed by atoms with Crippen LogP contribution in [0.3, 0.4) is 0 Å². The minimum Gasteiger partial charge on any atom is -0.311 e. The molecule has 2 heteroatoms. The molecule has 16 heavy (non-hydrogen) atoms. The van der Waals surface area contributed by atoms with Gasteiger partial charge in [-0.15, -0.1) is 0 Å². The van der Waals surface area contributed by atoms with Gasteiger partial charge < -0.3 is 5.32 Å². The third-order valence-electron chi connectivity index (χ3n) is 4.56. The second-order valence-electron chi connectivity index (χ2n) is 6.10. The van der Waals surface area contributed by atoms with Gasteiger partial charge in [-0.1, -0.05) is 13.3 Å². The number of piperazine rings is 1. The van der Waals surface area contributed by atoms with Crippen LogP contribution < -0.4 is 5.32 Å². The van der Waals surface area contributed by atoms with Crippen LogP contribution in [0.4, 0.5) is 0 Å². The Morgan fingerprint density at radius 2 is 1.88 bits per heavy atom. The van der Waals surface area contributed by atoms with E-state index in [1.54, 1.807) is 0 Å². The number of nitrogens with one attached hydrogen (secondary N) is 1. The zero-order valence-electron chi connectivity index (χ0n) is 10.6. The molecule has 0 aromatic rings. The molecule has 1 N–H and O–H groups in total. The Morgan fingerprint density at radius 1 is 1.19 bits per heavy atom. The number of hydrogen-bond acceptors (Lipinski definition) is 2. The van der Waals surface area contributed by atoms with Gasteiger partial charge in [-0.2, -0.15) is 0 Å². The molecule has 2 nitrogen and oxygen atoms in total. The van der Waals surface area contributed by atoms with E-state index >= 15 is 0 Å². The maximum absolute atomic E-state index is 3.68. The third kappa shape index (κ3) is 2.43. The van der Waals surface area contributed by atoms with Crippen LogP contribution in [0.2, 0.25) is 0 Å². The molecule has 0 aromatic heterocycles. The topological polar surface area (TPSA) is 15.3 Å². The summed E-state index contributed by atoms with van der Waals surface area (Å²) in [5.41, 5.74) is 0. The molecule has 0 amide bonds. The predicted octanol–water partition coefficient (Wildman–Crippen LogP) is 2.25. The van der Waals surface area contributed by atoms with Gasteiger partial charge in [-0.3, -0.25) is 4.90 Å². The summed E-state index contributed by atoms with van der Waals surface area (Å²) in [4.78, 5) is 2.84. The fraction of sp³-hybridized carbons (Fsp3) is 1.00. The molecule has 1 unspecified atom stereocenters. The first kappa shape index (κ1) is 11.0. The normalized spacial score (nSPS) is 32.2. The fourth-order valence-electron chi connectivity index (χ4n) is 3.52. The zero-order valence-corrected chi connectivity index (χ0v) is 10.6. The van der Waals surface area contributed by atoms with Crippen molar-refractivity contribution in [1.82, 2.24) is 10.2 Å². The molecule has 2 saturated carbocycles. The summed E-state index contributed by atoms with van der Waals surface area (Å²) in [5, 5.41) is 3.68. The summed E-state index contributed by atoms with van der Waals surface area (Å²) in [6.45, 7) is 6.16. The highest BCUT2D eigenvalue weighted by Gasteiger charge is 2.45. The van der Waals surface area contributed by atoms with Crippen molar-refractivity contribution < 1.29 is 0 Å². The van der Waals surface area contributed by atoms with Crippen LogP contribution >= 0.6 is 0 Å². The number of nitrogens with zero attached hydrogens (tertiary/aromatic N) is 1. The molecule has 1 atom stereocenters. The van der Waals surface area contributed by atoms with E-state index in [-0.39, 0.29) is 0 Å². The second-order valence-corrected chi connectivity index (χ2v) is 6.10. The Morgan fingerprint density at radius 3 is 2.44 bits per heavy atom. The van der Waals surface area contributed by atoms with Gasteiger partial charge in [0.15, 0.2) is 0 Å². The molecule has 0 spiro atoms. The van der Waals surface area contributed by atoms with E-state index in [2.05, 4.69) is 17.1 Å². The number of rotatable bonds is 5. The average molecular weight is 222 g/mol. The molecule has 0 aromatic carbocycles. The zero-order chi connectivity index (χ0) is 11.0. The number of hydrogen-bond donors (Lipinski definition) is 1. The maximum atomic E-state index is 3.68. The SMILES string of the molecule is CCCC1CN(C(C2CC2)C2CC2)CCN1. The van der Waals surface area contributed by atoms with Crippen LogP contribution in [-0.2, 0) is 0 Å². The van der Waals surface area contributed by atoms with Gasteiger partial charge in [0.1, 0.15) is 0 Å². The Labute approximate surface area is 99.8 Å². The lowest BCUT2D eigenvalue weighted by Crippen LogP contribution is -2.55. The molecule has 1 saturated heterocycles. The molecule has 92 valence electrons. The van der Waals surface area contributed by atoms with Crippen LogP contribution in [0, 0.1) is 11.8 Å². The highest BCUT2D eigenvalue weighted by atomic mass is 15.2. The van der Waals surface area contributed by atoms with Gasteiger partial charge in [0, 0.05) is 31.7 Å². The molecular weight excluding hydrogens is 196 g/mol. The van der Waals surface area contributed by atoms with Gasteiger partial charge in [0.25, 0.3) is 0 Å². The molecule has 3 aliphatic rings. The minimum absolute atomic E-state index is 0.777. The van der Waals surface area contributed by atoms with E-state index < -0.39 is 0 Å². The van der Waals surface area contributed by atoms with Crippen molar-refractivity contribution in [2.75, 3.05) is 19.6 Å². The Kier molecular flexibility index (Phi) is 3.21. The predicted molar refractivity (Wildman–Crippen MR) is 67.5 cm³/mol. The molecule has 2 aliphatic carbocycles. The lowest BCUT2D eigenvalue weighted by molar-refractivity contribution is 0.111. The summed E-state index contributed by atoms with van der Waals surface area (Å²) in [6, 6.07) is 1.75. The lowest BCUT2D eigenvalue weighted by atomic mass is 10.0. The van der Waals surface area contributed by atoms with Crippen molar-refractivity contribution in [3.05, 3.63) is 0 Å². The van der Waals surface area contributed by atoms with Gasteiger partial charge in [-0.25, -0.2) is 0 Å². The van der Waals surface area contributed by atoms with E-state index in [0.717, 1.165) is 23.9 Å². The van der Waals surface area contributed by atoms with Crippen LogP contribution in [-0.4, -0.2) is 36.6 Å². The van der Waals surface area contributed by atoms with Gasteiger partial charge >= 0.3 is 0 Å². The van der Waals surface area contributed by atoms with Crippen molar-refractivity contribution in [1.29, 1.82) is 0 Å². The van der Waals surface area contributed by atoms with Crippen LogP contribution in [0.15, 0.2) is 0 Å². The van der Waals surface area contributed by atoms with E-state index in [9.17, 15) is 0 Å².